The van der Waals surface area contributed by atoms with Gasteiger partial charge in [-0.25, -0.2) is 0 Å². The molecule has 1 aliphatic carbocycles. The second-order valence-electron chi connectivity index (χ2n) is 6.11. The van der Waals surface area contributed by atoms with Gasteiger partial charge in [0.15, 0.2) is 0 Å². The number of nitrogens with two attached hydrogens (primary N) is 1. The van der Waals surface area contributed by atoms with Crippen molar-refractivity contribution in [2.45, 2.75) is 32.6 Å². The van der Waals surface area contributed by atoms with Gasteiger partial charge in [0.05, 0.1) is 4.88 Å². The topological polar surface area (TPSA) is 55.1 Å². The molecular weight excluding hydrogens is 268 g/mol. The monoisotopic (exact) mass is 288 g/mol. The molecule has 1 fully saturated rings. The van der Waals surface area contributed by atoms with Gasteiger partial charge >= 0.3 is 0 Å². The molecule has 1 aromatic carbocycles. The second-order valence-corrected chi connectivity index (χ2v) is 7.19. The van der Waals surface area contributed by atoms with Crippen LogP contribution < -0.4 is 11.1 Å². The second kappa shape index (κ2) is 5.09. The van der Waals surface area contributed by atoms with Crippen LogP contribution in [0.25, 0.3) is 10.1 Å². The maximum absolute atomic E-state index is 12.3. The van der Waals surface area contributed by atoms with Gasteiger partial charge in [-0.15, -0.1) is 11.3 Å². The molecule has 2 aromatic rings. The van der Waals surface area contributed by atoms with Crippen molar-refractivity contribution < 1.29 is 4.79 Å². The van der Waals surface area contributed by atoms with E-state index < -0.39 is 0 Å². The van der Waals surface area contributed by atoms with E-state index in [1.54, 1.807) is 0 Å². The summed E-state index contributed by atoms with van der Waals surface area (Å²) in [4.78, 5) is 13.0. The molecule has 1 heterocycles. The molecule has 20 heavy (non-hydrogen) atoms. The first kappa shape index (κ1) is 13.4. The Balaban J connectivity index is 1.72. The summed E-state index contributed by atoms with van der Waals surface area (Å²) in [5.41, 5.74) is 6.80. The molecule has 0 atom stereocenters. The van der Waals surface area contributed by atoms with E-state index in [1.165, 1.54) is 37.0 Å². The van der Waals surface area contributed by atoms with Crippen molar-refractivity contribution in [3.63, 3.8) is 0 Å². The number of hydrogen-bond acceptors (Lipinski definition) is 3. The summed E-state index contributed by atoms with van der Waals surface area (Å²) in [5, 5.41) is 4.15. The van der Waals surface area contributed by atoms with E-state index in [-0.39, 0.29) is 11.3 Å². The molecule has 0 spiro atoms. The summed E-state index contributed by atoms with van der Waals surface area (Å²) in [7, 11) is 0. The third kappa shape index (κ3) is 2.66. The van der Waals surface area contributed by atoms with Crippen LogP contribution in [0.15, 0.2) is 24.3 Å². The average molecular weight is 288 g/mol. The first-order chi connectivity index (χ1) is 9.56. The minimum absolute atomic E-state index is 0.0397. The number of benzene rings is 1. The molecule has 3 rings (SSSR count). The van der Waals surface area contributed by atoms with Crippen molar-refractivity contribution in [2.75, 3.05) is 12.3 Å². The zero-order valence-electron chi connectivity index (χ0n) is 11.7. The molecule has 106 valence electrons. The fourth-order valence-corrected chi connectivity index (χ4v) is 3.92. The lowest BCUT2D eigenvalue weighted by molar-refractivity contribution is 0.0938. The van der Waals surface area contributed by atoms with E-state index in [0.29, 0.717) is 0 Å². The Hall–Kier alpha value is -1.55. The Kier molecular flexibility index (Phi) is 3.42. The molecule has 1 saturated carbocycles. The van der Waals surface area contributed by atoms with E-state index in [9.17, 15) is 4.79 Å². The van der Waals surface area contributed by atoms with Gasteiger partial charge in [0.2, 0.25) is 0 Å². The quantitative estimate of drug-likeness (QED) is 0.844. The number of carbonyl (C=O) groups is 1. The molecule has 1 aromatic heterocycles. The number of anilines is 1. The van der Waals surface area contributed by atoms with Crippen LogP contribution in [0.3, 0.4) is 0 Å². The minimum atomic E-state index is 0.0397. The van der Waals surface area contributed by atoms with Crippen LogP contribution in [0.2, 0.25) is 0 Å². The highest BCUT2D eigenvalue weighted by molar-refractivity contribution is 7.20. The lowest BCUT2D eigenvalue weighted by Crippen LogP contribution is -2.33. The SMILES string of the molecule is CC1(CNC(=O)c2cc3cc(N)ccc3s2)CCCC1. The van der Waals surface area contributed by atoms with Gasteiger partial charge in [0.25, 0.3) is 5.91 Å². The molecule has 4 heteroatoms. The Morgan fingerprint density at radius 3 is 2.85 bits per heavy atom. The highest BCUT2D eigenvalue weighted by Gasteiger charge is 2.29. The largest absolute Gasteiger partial charge is 0.399 e. The van der Waals surface area contributed by atoms with Crippen molar-refractivity contribution >= 4 is 33.0 Å². The summed E-state index contributed by atoms with van der Waals surface area (Å²) in [6.45, 7) is 3.05. The van der Waals surface area contributed by atoms with Crippen LogP contribution in [0, 0.1) is 5.41 Å². The molecule has 1 amide bonds. The van der Waals surface area contributed by atoms with Crippen molar-refractivity contribution in [3.8, 4) is 0 Å². The predicted molar refractivity (Wildman–Crippen MR) is 85.1 cm³/mol. The van der Waals surface area contributed by atoms with Crippen LogP contribution in [0.1, 0.15) is 42.3 Å². The summed E-state index contributed by atoms with van der Waals surface area (Å²) < 4.78 is 1.11. The molecule has 0 unspecified atom stereocenters. The summed E-state index contributed by atoms with van der Waals surface area (Å²) in [6, 6.07) is 7.70. The number of nitrogens with one attached hydrogen (secondary N) is 1. The normalized spacial score (nSPS) is 17.4. The summed E-state index contributed by atoms with van der Waals surface area (Å²) >= 11 is 1.53. The lowest BCUT2D eigenvalue weighted by atomic mass is 9.89. The Labute approximate surface area is 123 Å². The van der Waals surface area contributed by atoms with E-state index in [1.807, 2.05) is 24.3 Å². The molecule has 0 aliphatic heterocycles. The number of carbonyl (C=O) groups excluding carboxylic acids is 1. The van der Waals surface area contributed by atoms with E-state index in [0.717, 1.165) is 27.2 Å². The number of fused-ring (bicyclic) bond motifs is 1. The third-order valence-electron chi connectivity index (χ3n) is 4.25. The van der Waals surface area contributed by atoms with E-state index in [4.69, 9.17) is 5.73 Å². The number of amides is 1. The van der Waals surface area contributed by atoms with Crippen LogP contribution >= 0.6 is 11.3 Å². The molecule has 3 N–H and O–H groups in total. The van der Waals surface area contributed by atoms with Crippen molar-refractivity contribution in [2.24, 2.45) is 5.41 Å². The molecule has 0 saturated heterocycles. The Bertz CT molecular complexity index is 641. The lowest BCUT2D eigenvalue weighted by Gasteiger charge is -2.23. The van der Waals surface area contributed by atoms with Gasteiger partial charge in [0, 0.05) is 16.9 Å². The highest BCUT2D eigenvalue weighted by atomic mass is 32.1. The highest BCUT2D eigenvalue weighted by Crippen LogP contribution is 2.36. The number of rotatable bonds is 3. The molecule has 0 radical (unpaired) electrons. The smallest absolute Gasteiger partial charge is 0.261 e. The predicted octanol–water partition coefficient (Wildman–Crippen LogP) is 3.79. The van der Waals surface area contributed by atoms with Crippen LogP contribution in [0.5, 0.6) is 0 Å². The fourth-order valence-electron chi connectivity index (χ4n) is 2.96. The summed E-state index contributed by atoms with van der Waals surface area (Å²) in [6.07, 6.45) is 5.01. The molecule has 1 aliphatic rings. The Morgan fingerprint density at radius 1 is 1.35 bits per heavy atom. The van der Waals surface area contributed by atoms with Crippen LogP contribution in [-0.4, -0.2) is 12.5 Å². The zero-order chi connectivity index (χ0) is 14.2. The van der Waals surface area contributed by atoms with Gasteiger partial charge in [-0.1, -0.05) is 19.8 Å². The fraction of sp³-hybridized carbons (Fsp3) is 0.438. The minimum Gasteiger partial charge on any atom is -0.399 e. The molecule has 0 bridgehead atoms. The van der Waals surface area contributed by atoms with Gasteiger partial charge in [-0.3, -0.25) is 4.79 Å². The molecular formula is C16H20N2OS. The zero-order valence-corrected chi connectivity index (χ0v) is 12.6. The van der Waals surface area contributed by atoms with E-state index in [2.05, 4.69) is 12.2 Å². The maximum Gasteiger partial charge on any atom is 0.261 e. The molecule has 3 nitrogen and oxygen atoms in total. The van der Waals surface area contributed by atoms with E-state index >= 15 is 0 Å². The van der Waals surface area contributed by atoms with Gasteiger partial charge in [-0.2, -0.15) is 0 Å². The first-order valence-electron chi connectivity index (χ1n) is 7.13. The number of hydrogen-bond donors (Lipinski definition) is 2. The first-order valence-corrected chi connectivity index (χ1v) is 7.95. The standard InChI is InChI=1S/C16H20N2OS/c1-16(6-2-3-7-16)10-18-15(19)14-9-11-8-12(17)4-5-13(11)20-14/h4-5,8-9H,2-3,6-7,10,17H2,1H3,(H,18,19). The van der Waals surface area contributed by atoms with Gasteiger partial charge in [0.1, 0.15) is 0 Å². The average Bonchev–Trinajstić information content (AvgIpc) is 3.02. The van der Waals surface area contributed by atoms with Crippen LogP contribution in [-0.2, 0) is 0 Å². The van der Waals surface area contributed by atoms with Crippen molar-refractivity contribution in [1.29, 1.82) is 0 Å². The summed E-state index contributed by atoms with van der Waals surface area (Å²) in [5.74, 6) is 0.0397. The van der Waals surface area contributed by atoms with Crippen LogP contribution in [0.4, 0.5) is 5.69 Å². The maximum atomic E-state index is 12.3. The van der Waals surface area contributed by atoms with Crippen molar-refractivity contribution in [3.05, 3.63) is 29.1 Å². The van der Waals surface area contributed by atoms with Gasteiger partial charge < -0.3 is 11.1 Å². The van der Waals surface area contributed by atoms with Gasteiger partial charge in [-0.05, 0) is 47.9 Å². The van der Waals surface area contributed by atoms with Crippen molar-refractivity contribution in [1.82, 2.24) is 5.32 Å². The number of nitrogen functional groups attached to an aromatic ring is 1. The Morgan fingerprint density at radius 2 is 2.10 bits per heavy atom. The third-order valence-corrected chi connectivity index (χ3v) is 5.37. The number of thiophene rings is 1.